The second-order valence-corrected chi connectivity index (χ2v) is 7.88. The summed E-state index contributed by atoms with van der Waals surface area (Å²) in [7, 11) is 5.86. The van der Waals surface area contributed by atoms with Crippen LogP contribution in [0.2, 0.25) is 0 Å². The van der Waals surface area contributed by atoms with Crippen LogP contribution in [0.4, 0.5) is 0 Å². The van der Waals surface area contributed by atoms with Crippen LogP contribution in [0.25, 0.3) is 0 Å². The van der Waals surface area contributed by atoms with Crippen molar-refractivity contribution in [2.45, 2.75) is 37.9 Å². The second kappa shape index (κ2) is 14.3. The lowest BCUT2D eigenvalue weighted by Gasteiger charge is -2.21. The Labute approximate surface area is 219 Å². The van der Waals surface area contributed by atoms with Gasteiger partial charge in [-0.1, -0.05) is 12.1 Å². The van der Waals surface area contributed by atoms with Crippen molar-refractivity contribution in [3.8, 4) is 23.0 Å². The van der Waals surface area contributed by atoms with E-state index in [1.54, 1.807) is 36.4 Å². The van der Waals surface area contributed by atoms with Crippen molar-refractivity contribution in [3.05, 3.63) is 47.5 Å². The lowest BCUT2D eigenvalue weighted by atomic mass is 10.1. The van der Waals surface area contributed by atoms with Gasteiger partial charge in [-0.2, -0.15) is 0 Å². The predicted molar refractivity (Wildman–Crippen MR) is 131 cm³/mol. The fourth-order valence-electron chi connectivity index (χ4n) is 3.45. The highest BCUT2D eigenvalue weighted by atomic mass is 16.6. The molecule has 0 heterocycles. The number of methoxy groups -OCH3 is 4. The van der Waals surface area contributed by atoms with Crippen LogP contribution in [-0.2, 0) is 41.5 Å². The molecule has 0 aromatic heterocycles. The van der Waals surface area contributed by atoms with Crippen LogP contribution in [0, 0.1) is 0 Å². The number of aryl methyl sites for hydroxylation is 2. The molecule has 0 amide bonds. The molecule has 2 atom stereocenters. The number of ether oxygens (including phenoxy) is 6. The normalized spacial score (nSPS) is 12.0. The molecular weight excluding hydrogens is 504 g/mol. The monoisotopic (exact) mass is 534 g/mol. The Bertz CT molecular complexity index is 1050. The molecular formula is C26H30O12. The molecule has 0 saturated heterocycles. The zero-order chi connectivity index (χ0) is 28.2. The fourth-order valence-corrected chi connectivity index (χ4v) is 3.45. The van der Waals surface area contributed by atoms with Crippen molar-refractivity contribution in [2.24, 2.45) is 0 Å². The van der Waals surface area contributed by atoms with E-state index in [9.17, 15) is 29.4 Å². The van der Waals surface area contributed by atoms with E-state index in [4.69, 9.17) is 28.4 Å². The first kappa shape index (κ1) is 29.7. The first-order chi connectivity index (χ1) is 18.1. The molecule has 2 rings (SSSR count). The van der Waals surface area contributed by atoms with Crippen LogP contribution in [0.3, 0.4) is 0 Å². The minimum atomic E-state index is -2.24. The molecule has 38 heavy (non-hydrogen) atoms. The summed E-state index contributed by atoms with van der Waals surface area (Å²) < 4.78 is 30.5. The van der Waals surface area contributed by atoms with Crippen molar-refractivity contribution >= 4 is 23.9 Å². The summed E-state index contributed by atoms with van der Waals surface area (Å²) >= 11 is 0. The van der Waals surface area contributed by atoms with E-state index >= 15 is 0 Å². The number of carbonyl (C=O) groups is 4. The van der Waals surface area contributed by atoms with E-state index in [-0.39, 0.29) is 25.7 Å². The van der Waals surface area contributed by atoms with Crippen molar-refractivity contribution in [1.29, 1.82) is 0 Å². The Balaban J connectivity index is 2.01. The molecule has 0 saturated carbocycles. The van der Waals surface area contributed by atoms with Crippen LogP contribution in [0.5, 0.6) is 23.0 Å². The molecule has 0 bridgehead atoms. The van der Waals surface area contributed by atoms with E-state index in [1.165, 1.54) is 28.4 Å². The second-order valence-electron chi connectivity index (χ2n) is 7.88. The predicted octanol–water partition coefficient (Wildman–Crippen LogP) is 2.28. The highest BCUT2D eigenvalue weighted by molar-refractivity contribution is 5.87. The number of hydrogen-bond acceptors (Lipinski definition) is 10. The maximum Gasteiger partial charge on any atom is 0.349 e. The van der Waals surface area contributed by atoms with Crippen LogP contribution < -0.4 is 18.9 Å². The van der Waals surface area contributed by atoms with Gasteiger partial charge in [0.2, 0.25) is 12.2 Å². The van der Waals surface area contributed by atoms with Gasteiger partial charge in [-0.25, -0.2) is 9.59 Å². The van der Waals surface area contributed by atoms with E-state index in [1.807, 2.05) is 0 Å². The summed E-state index contributed by atoms with van der Waals surface area (Å²) in [5.41, 5.74) is 1.34. The summed E-state index contributed by atoms with van der Waals surface area (Å²) in [4.78, 5) is 48.1. The number of carboxylic acid groups (broad SMARTS) is 2. The summed E-state index contributed by atoms with van der Waals surface area (Å²) in [6, 6.07) is 9.93. The average molecular weight is 535 g/mol. The van der Waals surface area contributed by atoms with Gasteiger partial charge < -0.3 is 38.6 Å². The number of aliphatic carboxylic acids is 2. The van der Waals surface area contributed by atoms with Crippen molar-refractivity contribution in [3.63, 3.8) is 0 Å². The third kappa shape index (κ3) is 8.29. The van der Waals surface area contributed by atoms with Gasteiger partial charge in [-0.3, -0.25) is 9.59 Å². The largest absolute Gasteiger partial charge is 0.493 e. The van der Waals surface area contributed by atoms with E-state index in [2.05, 4.69) is 0 Å². The maximum atomic E-state index is 12.3. The summed E-state index contributed by atoms with van der Waals surface area (Å²) in [5, 5.41) is 19.0. The fraction of sp³-hybridized carbons (Fsp3) is 0.385. The van der Waals surface area contributed by atoms with Gasteiger partial charge in [0.15, 0.2) is 23.0 Å². The molecule has 0 aliphatic heterocycles. The maximum absolute atomic E-state index is 12.3. The van der Waals surface area contributed by atoms with Crippen molar-refractivity contribution in [1.82, 2.24) is 0 Å². The molecule has 0 unspecified atom stereocenters. The number of rotatable bonds is 15. The van der Waals surface area contributed by atoms with Gasteiger partial charge in [0.25, 0.3) is 0 Å². The van der Waals surface area contributed by atoms with Crippen molar-refractivity contribution in [2.75, 3.05) is 28.4 Å². The van der Waals surface area contributed by atoms with E-state index < -0.39 is 36.1 Å². The van der Waals surface area contributed by atoms with E-state index in [0.29, 0.717) is 34.1 Å². The van der Waals surface area contributed by atoms with Crippen LogP contribution in [-0.4, -0.2) is 74.7 Å². The average Bonchev–Trinajstić information content (AvgIpc) is 2.91. The highest BCUT2D eigenvalue weighted by Gasteiger charge is 2.40. The molecule has 206 valence electrons. The lowest BCUT2D eigenvalue weighted by molar-refractivity contribution is -0.187. The van der Waals surface area contributed by atoms with Crippen LogP contribution in [0.15, 0.2) is 36.4 Å². The molecule has 0 fully saturated rings. The standard InChI is InChI=1S/C26H30O12/c1-33-17-9-5-15(13-19(17)35-3)7-11-21(27)37-23(25(29)30)24(26(31)32)38-22(28)12-8-16-6-10-18(34-2)20(14-16)36-4/h5-6,9-10,13-14,23-24H,7-8,11-12H2,1-4H3,(H,29,30)(H,31,32)/t23-,24-/m1/s1. The highest BCUT2D eigenvalue weighted by Crippen LogP contribution is 2.29. The number of carboxylic acids is 2. The van der Waals surface area contributed by atoms with Gasteiger partial charge in [-0.05, 0) is 48.2 Å². The lowest BCUT2D eigenvalue weighted by Crippen LogP contribution is -2.45. The van der Waals surface area contributed by atoms with Crippen LogP contribution >= 0.6 is 0 Å². The Morgan fingerprint density at radius 1 is 0.605 bits per heavy atom. The first-order valence-electron chi connectivity index (χ1n) is 11.4. The molecule has 12 heteroatoms. The first-order valence-corrected chi connectivity index (χ1v) is 11.4. The number of carbonyl (C=O) groups excluding carboxylic acids is 2. The quantitative estimate of drug-likeness (QED) is 0.321. The number of benzene rings is 2. The Hall–Kier alpha value is -4.48. The molecule has 12 nitrogen and oxygen atoms in total. The minimum Gasteiger partial charge on any atom is -0.493 e. The van der Waals surface area contributed by atoms with Crippen molar-refractivity contribution < 1.29 is 57.8 Å². The number of hydrogen-bond donors (Lipinski definition) is 2. The third-order valence-electron chi connectivity index (χ3n) is 5.41. The van der Waals surface area contributed by atoms with Gasteiger partial charge in [0.05, 0.1) is 28.4 Å². The third-order valence-corrected chi connectivity index (χ3v) is 5.41. The van der Waals surface area contributed by atoms with Gasteiger partial charge in [0, 0.05) is 12.8 Å². The summed E-state index contributed by atoms with van der Waals surface area (Å²) in [5.74, 6) is -3.67. The summed E-state index contributed by atoms with van der Waals surface area (Å²) in [6.07, 6.45) is -4.72. The smallest absolute Gasteiger partial charge is 0.349 e. The molecule has 0 radical (unpaired) electrons. The zero-order valence-electron chi connectivity index (χ0n) is 21.4. The number of esters is 2. The molecule has 2 N–H and O–H groups in total. The molecule has 2 aromatic carbocycles. The molecule has 0 aliphatic carbocycles. The summed E-state index contributed by atoms with van der Waals surface area (Å²) in [6.45, 7) is 0. The molecule has 0 spiro atoms. The Kier molecular flexibility index (Phi) is 11.2. The topological polar surface area (TPSA) is 164 Å². The zero-order valence-corrected chi connectivity index (χ0v) is 21.4. The molecule has 2 aromatic rings. The minimum absolute atomic E-state index is 0.147. The SMILES string of the molecule is COc1ccc(CCC(=O)O[C@@H](C(=O)O)[C@@H](OC(=O)CCc2ccc(OC)c(OC)c2)C(=O)O)cc1OC. The molecule has 0 aliphatic rings. The van der Waals surface area contributed by atoms with Gasteiger partial charge >= 0.3 is 23.9 Å². The Morgan fingerprint density at radius 2 is 0.947 bits per heavy atom. The van der Waals surface area contributed by atoms with Crippen LogP contribution in [0.1, 0.15) is 24.0 Å². The van der Waals surface area contributed by atoms with Gasteiger partial charge in [-0.15, -0.1) is 0 Å². The van der Waals surface area contributed by atoms with Gasteiger partial charge in [0.1, 0.15) is 0 Å². The van der Waals surface area contributed by atoms with E-state index in [0.717, 1.165) is 0 Å². The Morgan fingerprint density at radius 3 is 1.24 bits per heavy atom.